The van der Waals surface area contributed by atoms with Crippen molar-refractivity contribution in [3.63, 3.8) is 0 Å². The molecule has 0 aliphatic carbocycles. The zero-order valence-electron chi connectivity index (χ0n) is 13.2. The van der Waals surface area contributed by atoms with Gasteiger partial charge in [0.05, 0.1) is 11.1 Å². The Labute approximate surface area is 141 Å². The first-order valence-corrected chi connectivity index (χ1v) is 9.06. The number of nitrogens with one attached hydrogen (secondary N) is 1. The van der Waals surface area contributed by atoms with E-state index in [1.165, 1.54) is 0 Å². The highest BCUT2D eigenvalue weighted by atomic mass is 32.2. The van der Waals surface area contributed by atoms with Gasteiger partial charge < -0.3 is 10.1 Å². The number of carbonyl (C=O) groups excluding carboxylic acids is 1. The minimum atomic E-state index is -0.509. The molecule has 0 saturated carbocycles. The van der Waals surface area contributed by atoms with Gasteiger partial charge in [0, 0.05) is 18.1 Å². The van der Waals surface area contributed by atoms with Crippen molar-refractivity contribution in [1.82, 2.24) is 0 Å². The number of thioether (sulfide) groups is 1. The van der Waals surface area contributed by atoms with Gasteiger partial charge in [0.25, 0.3) is 0 Å². The van der Waals surface area contributed by atoms with Gasteiger partial charge in [-0.1, -0.05) is 42.5 Å². The lowest BCUT2D eigenvalue weighted by molar-refractivity contribution is -0.125. The quantitative estimate of drug-likeness (QED) is 0.859. The molecule has 2 aromatic rings. The molecule has 2 aromatic carbocycles. The van der Waals surface area contributed by atoms with E-state index < -0.39 is 5.41 Å². The number of hydrogen-bond acceptors (Lipinski definition) is 3. The van der Waals surface area contributed by atoms with Crippen molar-refractivity contribution < 1.29 is 9.53 Å². The normalized spacial score (nSPS) is 16.7. The summed E-state index contributed by atoms with van der Waals surface area (Å²) >= 11 is 1.64. The van der Waals surface area contributed by atoms with Crippen LogP contribution in [0.3, 0.4) is 0 Å². The molecule has 0 spiro atoms. The van der Waals surface area contributed by atoms with Crippen LogP contribution >= 0.6 is 11.8 Å². The third-order valence-corrected chi connectivity index (χ3v) is 5.26. The molecule has 3 nitrogen and oxygen atoms in total. The average molecular weight is 327 g/mol. The Bertz CT molecular complexity index is 666. The van der Waals surface area contributed by atoms with Crippen molar-refractivity contribution in [1.29, 1.82) is 0 Å². The summed E-state index contributed by atoms with van der Waals surface area (Å²) in [5.74, 6) is 0.0634. The molecule has 1 fully saturated rings. The molecular weight excluding hydrogens is 306 g/mol. The Morgan fingerprint density at radius 3 is 2.39 bits per heavy atom. The Morgan fingerprint density at radius 2 is 1.70 bits per heavy atom. The number of hydrogen-bond donors (Lipinski definition) is 1. The molecule has 1 heterocycles. The van der Waals surface area contributed by atoms with Crippen molar-refractivity contribution >= 4 is 23.4 Å². The van der Waals surface area contributed by atoms with E-state index in [0.717, 1.165) is 16.1 Å². The number of amides is 1. The fourth-order valence-electron chi connectivity index (χ4n) is 3.11. The van der Waals surface area contributed by atoms with Crippen LogP contribution in [0.4, 0.5) is 5.69 Å². The second-order valence-electron chi connectivity index (χ2n) is 5.71. The molecule has 3 rings (SSSR count). The smallest absolute Gasteiger partial charge is 0.235 e. The minimum absolute atomic E-state index is 0.0634. The molecule has 1 saturated heterocycles. The molecule has 0 unspecified atom stereocenters. The lowest BCUT2D eigenvalue weighted by Crippen LogP contribution is -2.44. The van der Waals surface area contributed by atoms with E-state index in [0.29, 0.717) is 26.1 Å². The minimum Gasteiger partial charge on any atom is -0.381 e. The molecule has 0 atom stereocenters. The van der Waals surface area contributed by atoms with Gasteiger partial charge in [-0.25, -0.2) is 0 Å². The van der Waals surface area contributed by atoms with Gasteiger partial charge in [0.1, 0.15) is 0 Å². The van der Waals surface area contributed by atoms with E-state index in [2.05, 4.69) is 5.32 Å². The van der Waals surface area contributed by atoms with Crippen molar-refractivity contribution in [2.45, 2.75) is 23.2 Å². The molecule has 0 radical (unpaired) electrons. The average Bonchev–Trinajstić information content (AvgIpc) is 2.63. The van der Waals surface area contributed by atoms with Gasteiger partial charge in [-0.15, -0.1) is 11.8 Å². The number of rotatable bonds is 4. The first-order valence-electron chi connectivity index (χ1n) is 7.84. The fraction of sp³-hybridized carbons (Fsp3) is 0.316. The first kappa shape index (κ1) is 16.1. The predicted octanol–water partition coefficient (Wildman–Crippen LogP) is 4.10. The van der Waals surface area contributed by atoms with E-state index in [1.54, 1.807) is 11.8 Å². The number of carbonyl (C=O) groups is 1. The summed E-state index contributed by atoms with van der Waals surface area (Å²) < 4.78 is 5.51. The van der Waals surface area contributed by atoms with Crippen molar-refractivity contribution in [2.75, 3.05) is 24.8 Å². The fourth-order valence-corrected chi connectivity index (χ4v) is 3.67. The van der Waals surface area contributed by atoms with E-state index in [9.17, 15) is 4.79 Å². The van der Waals surface area contributed by atoms with Crippen LogP contribution in [0.2, 0.25) is 0 Å². The molecule has 23 heavy (non-hydrogen) atoms. The standard InChI is InChI=1S/C19H21NO2S/c1-23-17-10-6-5-9-16(17)20-18(21)19(11-13-22-14-12-19)15-7-3-2-4-8-15/h2-10H,11-14H2,1H3,(H,20,21). The number of benzene rings is 2. The van der Waals surface area contributed by atoms with Gasteiger partial charge in [0.15, 0.2) is 0 Å². The van der Waals surface area contributed by atoms with Gasteiger partial charge >= 0.3 is 0 Å². The van der Waals surface area contributed by atoms with Crippen LogP contribution in [-0.4, -0.2) is 25.4 Å². The highest BCUT2D eigenvalue weighted by Crippen LogP contribution is 2.37. The summed E-state index contributed by atoms with van der Waals surface area (Å²) in [6.07, 6.45) is 3.45. The second-order valence-corrected chi connectivity index (χ2v) is 6.56. The Balaban J connectivity index is 1.92. The maximum absolute atomic E-state index is 13.2. The molecule has 1 aliphatic heterocycles. The van der Waals surface area contributed by atoms with E-state index >= 15 is 0 Å². The third-order valence-electron chi connectivity index (χ3n) is 4.46. The molecule has 1 N–H and O–H groups in total. The maximum Gasteiger partial charge on any atom is 0.235 e. The summed E-state index contributed by atoms with van der Waals surface area (Å²) in [6, 6.07) is 18.0. The van der Waals surface area contributed by atoms with Crippen LogP contribution in [0.25, 0.3) is 0 Å². The number of para-hydroxylation sites is 1. The first-order chi connectivity index (χ1) is 11.3. The highest BCUT2D eigenvalue weighted by molar-refractivity contribution is 7.98. The van der Waals surface area contributed by atoms with Gasteiger partial charge in [-0.2, -0.15) is 0 Å². The van der Waals surface area contributed by atoms with Crippen LogP contribution in [0.5, 0.6) is 0 Å². The molecule has 0 aromatic heterocycles. The van der Waals surface area contributed by atoms with Crippen LogP contribution in [0.15, 0.2) is 59.5 Å². The number of ether oxygens (including phenoxy) is 1. The predicted molar refractivity (Wildman–Crippen MR) is 95.0 cm³/mol. The van der Waals surface area contributed by atoms with Crippen LogP contribution in [-0.2, 0) is 14.9 Å². The summed E-state index contributed by atoms with van der Waals surface area (Å²) in [5, 5.41) is 3.16. The zero-order chi connectivity index (χ0) is 16.1. The largest absolute Gasteiger partial charge is 0.381 e. The second kappa shape index (κ2) is 7.20. The summed E-state index contributed by atoms with van der Waals surface area (Å²) in [4.78, 5) is 14.3. The van der Waals surface area contributed by atoms with Crippen molar-refractivity contribution in [3.05, 3.63) is 60.2 Å². The lowest BCUT2D eigenvalue weighted by Gasteiger charge is -2.36. The maximum atomic E-state index is 13.2. The molecule has 1 amide bonds. The molecule has 0 bridgehead atoms. The highest BCUT2D eigenvalue weighted by Gasteiger charge is 2.41. The topological polar surface area (TPSA) is 38.3 Å². The Hall–Kier alpha value is -1.78. The lowest BCUT2D eigenvalue weighted by atomic mass is 9.73. The number of anilines is 1. The molecule has 120 valence electrons. The molecular formula is C19H21NO2S. The van der Waals surface area contributed by atoms with E-state index in [4.69, 9.17) is 4.74 Å². The van der Waals surface area contributed by atoms with Gasteiger partial charge in [0.2, 0.25) is 5.91 Å². The van der Waals surface area contributed by atoms with Gasteiger partial charge in [-0.3, -0.25) is 4.79 Å². The summed E-state index contributed by atoms with van der Waals surface area (Å²) in [7, 11) is 0. The van der Waals surface area contributed by atoms with Crippen LogP contribution in [0, 0.1) is 0 Å². The van der Waals surface area contributed by atoms with E-state index in [1.807, 2.05) is 60.9 Å². The van der Waals surface area contributed by atoms with E-state index in [-0.39, 0.29) is 5.91 Å². The zero-order valence-corrected chi connectivity index (χ0v) is 14.1. The van der Waals surface area contributed by atoms with Crippen molar-refractivity contribution in [2.24, 2.45) is 0 Å². The molecule has 4 heteroatoms. The monoisotopic (exact) mass is 327 g/mol. The summed E-state index contributed by atoms with van der Waals surface area (Å²) in [6.45, 7) is 1.24. The van der Waals surface area contributed by atoms with Crippen LogP contribution in [0.1, 0.15) is 18.4 Å². The molecule has 1 aliphatic rings. The Kier molecular flexibility index (Phi) is 5.03. The van der Waals surface area contributed by atoms with Crippen LogP contribution < -0.4 is 5.32 Å². The SMILES string of the molecule is CSc1ccccc1NC(=O)C1(c2ccccc2)CCOCC1. The Morgan fingerprint density at radius 1 is 1.04 bits per heavy atom. The van der Waals surface area contributed by atoms with Crippen molar-refractivity contribution in [3.8, 4) is 0 Å². The third kappa shape index (κ3) is 3.28. The van der Waals surface area contributed by atoms with Gasteiger partial charge in [-0.05, 0) is 36.8 Å². The summed E-state index contributed by atoms with van der Waals surface area (Å²) in [5.41, 5.74) is 1.44.